The van der Waals surface area contributed by atoms with E-state index >= 15 is 0 Å². The molecular formula is C14H24N2O2. The molecule has 102 valence electrons. The van der Waals surface area contributed by atoms with Gasteiger partial charge in [-0.1, -0.05) is 26.7 Å². The third kappa shape index (κ3) is 2.38. The Morgan fingerprint density at radius 2 is 1.83 bits per heavy atom. The lowest BCUT2D eigenvalue weighted by Gasteiger charge is -2.42. The van der Waals surface area contributed by atoms with Crippen LogP contribution in [0.15, 0.2) is 0 Å². The van der Waals surface area contributed by atoms with Crippen LogP contribution in [0.1, 0.15) is 52.9 Å². The lowest BCUT2D eigenvalue weighted by Crippen LogP contribution is -2.67. The maximum Gasteiger partial charge on any atom is 0.249 e. The zero-order valence-electron chi connectivity index (χ0n) is 11.7. The molecule has 0 radical (unpaired) electrons. The van der Waals surface area contributed by atoms with Gasteiger partial charge in [-0.05, 0) is 32.1 Å². The summed E-state index contributed by atoms with van der Waals surface area (Å²) in [5, 5.41) is 2.95. The lowest BCUT2D eigenvalue weighted by atomic mass is 9.91. The van der Waals surface area contributed by atoms with Crippen molar-refractivity contribution in [1.29, 1.82) is 0 Å². The highest BCUT2D eigenvalue weighted by molar-refractivity contribution is 5.98. The van der Waals surface area contributed by atoms with Crippen LogP contribution in [0.5, 0.6) is 0 Å². The number of carbonyl (C=O) groups excluding carboxylic acids is 2. The third-order valence-electron chi connectivity index (χ3n) is 4.16. The van der Waals surface area contributed by atoms with E-state index in [2.05, 4.69) is 26.1 Å². The smallest absolute Gasteiger partial charge is 0.249 e. The number of amides is 2. The van der Waals surface area contributed by atoms with Crippen LogP contribution in [-0.4, -0.2) is 34.8 Å². The Morgan fingerprint density at radius 1 is 1.22 bits per heavy atom. The number of hydrogen-bond donors (Lipinski definition) is 1. The second kappa shape index (κ2) is 4.90. The molecule has 2 amide bonds. The highest BCUT2D eigenvalue weighted by Crippen LogP contribution is 2.34. The molecule has 1 spiro atoms. The largest absolute Gasteiger partial charge is 0.340 e. The summed E-state index contributed by atoms with van der Waals surface area (Å²) in [6.07, 6.45) is 4.65. The van der Waals surface area contributed by atoms with E-state index in [-0.39, 0.29) is 24.4 Å². The monoisotopic (exact) mass is 252 g/mol. The van der Waals surface area contributed by atoms with Gasteiger partial charge in [-0.15, -0.1) is 0 Å². The van der Waals surface area contributed by atoms with Crippen LogP contribution in [-0.2, 0) is 9.59 Å². The van der Waals surface area contributed by atoms with E-state index in [0.29, 0.717) is 5.92 Å². The Kier molecular flexibility index (Phi) is 3.64. The van der Waals surface area contributed by atoms with Crippen LogP contribution in [0.4, 0.5) is 0 Å². The molecule has 0 bridgehead atoms. The highest BCUT2D eigenvalue weighted by Gasteiger charge is 2.49. The van der Waals surface area contributed by atoms with Gasteiger partial charge in [0.2, 0.25) is 11.8 Å². The summed E-state index contributed by atoms with van der Waals surface area (Å²) >= 11 is 0. The van der Waals surface area contributed by atoms with Crippen LogP contribution in [0.2, 0.25) is 0 Å². The topological polar surface area (TPSA) is 49.4 Å². The first-order chi connectivity index (χ1) is 8.44. The molecule has 0 aromatic rings. The number of piperazine rings is 1. The molecule has 1 unspecified atom stereocenters. The van der Waals surface area contributed by atoms with Gasteiger partial charge in [0.15, 0.2) is 0 Å². The van der Waals surface area contributed by atoms with Crippen LogP contribution in [0.3, 0.4) is 0 Å². The molecule has 2 rings (SSSR count). The van der Waals surface area contributed by atoms with E-state index in [1.807, 2.05) is 0 Å². The van der Waals surface area contributed by atoms with Gasteiger partial charge in [-0.2, -0.15) is 0 Å². The maximum atomic E-state index is 12.6. The van der Waals surface area contributed by atoms with Gasteiger partial charge in [0.25, 0.3) is 0 Å². The second-order valence-corrected chi connectivity index (χ2v) is 6.25. The van der Waals surface area contributed by atoms with Gasteiger partial charge in [0.1, 0.15) is 5.54 Å². The molecular weight excluding hydrogens is 228 g/mol. The Morgan fingerprint density at radius 3 is 2.39 bits per heavy atom. The van der Waals surface area contributed by atoms with Crippen molar-refractivity contribution in [1.82, 2.24) is 10.2 Å². The van der Waals surface area contributed by atoms with Crippen molar-refractivity contribution >= 4 is 11.8 Å². The SMILES string of the molecule is CC(C)CC(C)N1CC(=O)NC2(CCCC2)C1=O. The first-order valence-electron chi connectivity index (χ1n) is 7.07. The molecule has 1 saturated carbocycles. The lowest BCUT2D eigenvalue weighted by molar-refractivity contribution is -0.152. The third-order valence-corrected chi connectivity index (χ3v) is 4.16. The number of nitrogens with one attached hydrogen (secondary N) is 1. The molecule has 18 heavy (non-hydrogen) atoms. The molecule has 4 nitrogen and oxygen atoms in total. The normalized spacial score (nSPS) is 24.8. The summed E-state index contributed by atoms with van der Waals surface area (Å²) in [6, 6.07) is 0.154. The van der Waals surface area contributed by atoms with Crippen molar-refractivity contribution < 1.29 is 9.59 Å². The molecule has 1 aliphatic heterocycles. The van der Waals surface area contributed by atoms with Crippen LogP contribution < -0.4 is 5.32 Å². The van der Waals surface area contributed by atoms with Crippen molar-refractivity contribution in [2.75, 3.05) is 6.54 Å². The standard InChI is InChI=1S/C14H24N2O2/c1-10(2)8-11(3)16-9-12(17)15-14(13(16)18)6-4-5-7-14/h10-11H,4-9H2,1-3H3,(H,15,17). The molecule has 1 N–H and O–H groups in total. The van der Waals surface area contributed by atoms with Crippen molar-refractivity contribution in [2.45, 2.75) is 64.5 Å². The Labute approximate surface area is 109 Å². The average Bonchev–Trinajstić information content (AvgIpc) is 2.72. The minimum absolute atomic E-state index is 0.00658. The van der Waals surface area contributed by atoms with Gasteiger partial charge in [-0.3, -0.25) is 9.59 Å². The first kappa shape index (κ1) is 13.4. The highest BCUT2D eigenvalue weighted by atomic mass is 16.2. The Hall–Kier alpha value is -1.06. The first-order valence-corrected chi connectivity index (χ1v) is 7.07. The van der Waals surface area contributed by atoms with Crippen molar-refractivity contribution in [3.05, 3.63) is 0 Å². The summed E-state index contributed by atoms with van der Waals surface area (Å²) < 4.78 is 0. The maximum absolute atomic E-state index is 12.6. The van der Waals surface area contributed by atoms with Crippen LogP contribution in [0, 0.1) is 5.92 Å². The number of rotatable bonds is 3. The summed E-state index contributed by atoms with van der Waals surface area (Å²) in [6.45, 7) is 6.58. The van der Waals surface area contributed by atoms with E-state index in [0.717, 1.165) is 32.1 Å². The van der Waals surface area contributed by atoms with Gasteiger partial charge >= 0.3 is 0 Å². The van der Waals surface area contributed by atoms with E-state index in [4.69, 9.17) is 0 Å². The van der Waals surface area contributed by atoms with Gasteiger partial charge in [-0.25, -0.2) is 0 Å². The molecule has 0 aromatic carbocycles. The molecule has 1 aliphatic carbocycles. The fraction of sp³-hybridized carbons (Fsp3) is 0.857. The van der Waals surface area contributed by atoms with Crippen molar-refractivity contribution in [3.8, 4) is 0 Å². The fourth-order valence-corrected chi connectivity index (χ4v) is 3.34. The quantitative estimate of drug-likeness (QED) is 0.831. The molecule has 2 aliphatic rings. The van der Waals surface area contributed by atoms with E-state index < -0.39 is 5.54 Å². The van der Waals surface area contributed by atoms with E-state index in [9.17, 15) is 9.59 Å². The summed E-state index contributed by atoms with van der Waals surface area (Å²) in [4.78, 5) is 26.3. The average molecular weight is 252 g/mol. The van der Waals surface area contributed by atoms with E-state index in [1.165, 1.54) is 0 Å². The van der Waals surface area contributed by atoms with Gasteiger partial charge in [0, 0.05) is 6.04 Å². The minimum Gasteiger partial charge on any atom is -0.340 e. The number of carbonyl (C=O) groups is 2. The van der Waals surface area contributed by atoms with Crippen molar-refractivity contribution in [3.63, 3.8) is 0 Å². The Bertz CT molecular complexity index is 346. The van der Waals surface area contributed by atoms with Gasteiger partial charge in [0.05, 0.1) is 6.54 Å². The van der Waals surface area contributed by atoms with Gasteiger partial charge < -0.3 is 10.2 Å². The predicted molar refractivity (Wildman–Crippen MR) is 70.0 cm³/mol. The summed E-state index contributed by atoms with van der Waals surface area (Å²) in [7, 11) is 0. The second-order valence-electron chi connectivity index (χ2n) is 6.25. The molecule has 0 aromatic heterocycles. The molecule has 1 heterocycles. The zero-order chi connectivity index (χ0) is 13.3. The van der Waals surface area contributed by atoms with E-state index in [1.54, 1.807) is 4.90 Å². The molecule has 2 fully saturated rings. The predicted octanol–water partition coefficient (Wildman–Crippen LogP) is 1.69. The summed E-state index contributed by atoms with van der Waals surface area (Å²) in [5.41, 5.74) is -0.569. The zero-order valence-corrected chi connectivity index (χ0v) is 11.7. The molecule has 1 atom stereocenters. The minimum atomic E-state index is -0.569. The van der Waals surface area contributed by atoms with Crippen molar-refractivity contribution in [2.24, 2.45) is 5.92 Å². The van der Waals surface area contributed by atoms with Crippen LogP contribution >= 0.6 is 0 Å². The molecule has 4 heteroatoms. The Balaban J connectivity index is 2.15. The number of hydrogen-bond acceptors (Lipinski definition) is 2. The summed E-state index contributed by atoms with van der Waals surface area (Å²) in [5.74, 6) is 0.692. The fourth-order valence-electron chi connectivity index (χ4n) is 3.34. The number of nitrogens with zero attached hydrogens (tertiary/aromatic N) is 1. The molecule has 1 saturated heterocycles. The van der Waals surface area contributed by atoms with Crippen LogP contribution in [0.25, 0.3) is 0 Å².